The summed E-state index contributed by atoms with van der Waals surface area (Å²) in [7, 11) is 0. The van der Waals surface area contributed by atoms with Crippen LogP contribution in [0.5, 0.6) is 0 Å². The molecular formula is C11H19FN4O2. The molecule has 0 aliphatic carbocycles. The number of unbranched alkanes of at least 4 members (excludes halogenated alkanes) is 1. The van der Waals surface area contributed by atoms with Gasteiger partial charge in [0, 0.05) is 13.1 Å². The Morgan fingerprint density at radius 1 is 1.39 bits per heavy atom. The average molecular weight is 258 g/mol. The second-order valence-electron chi connectivity index (χ2n) is 3.99. The molecule has 0 aliphatic rings. The van der Waals surface area contributed by atoms with Crippen molar-refractivity contribution in [2.75, 3.05) is 24.3 Å². The Balaban J connectivity index is 3.02. The second kappa shape index (κ2) is 6.83. The fraction of sp³-hybridized carbons (Fsp3) is 0.636. The van der Waals surface area contributed by atoms with E-state index in [1.54, 1.807) is 0 Å². The second-order valence-corrected chi connectivity index (χ2v) is 3.99. The lowest BCUT2D eigenvalue weighted by molar-refractivity contribution is 0.481. The number of nitrogens with one attached hydrogen (secondary N) is 2. The predicted octanol–water partition coefficient (Wildman–Crippen LogP) is 0.690. The van der Waals surface area contributed by atoms with Gasteiger partial charge < -0.3 is 11.1 Å². The molecule has 0 saturated carbocycles. The number of halogens is 1. The summed E-state index contributed by atoms with van der Waals surface area (Å²) in [4.78, 5) is 25.4. The Labute approximate surface area is 104 Å². The Bertz CT molecular complexity index is 495. The summed E-state index contributed by atoms with van der Waals surface area (Å²) >= 11 is 0. The van der Waals surface area contributed by atoms with E-state index in [-0.39, 0.29) is 17.9 Å². The average Bonchev–Trinajstić information content (AvgIpc) is 2.33. The minimum atomic E-state index is -0.566. The van der Waals surface area contributed by atoms with Gasteiger partial charge in [0.2, 0.25) is 0 Å². The monoisotopic (exact) mass is 258 g/mol. The minimum Gasteiger partial charge on any atom is -0.383 e. The maximum Gasteiger partial charge on any atom is 0.330 e. The molecule has 7 heteroatoms. The molecule has 0 aromatic carbocycles. The number of nitrogens with zero attached hydrogens (tertiary/aromatic N) is 1. The third-order valence-corrected chi connectivity index (χ3v) is 2.59. The van der Waals surface area contributed by atoms with Crippen LogP contribution in [0, 0.1) is 0 Å². The van der Waals surface area contributed by atoms with E-state index in [1.807, 2.05) is 6.92 Å². The number of aromatic amines is 1. The lowest BCUT2D eigenvalue weighted by Crippen LogP contribution is -2.34. The Hall–Kier alpha value is -1.79. The first-order valence-corrected chi connectivity index (χ1v) is 6.04. The summed E-state index contributed by atoms with van der Waals surface area (Å²) in [5.74, 6) is 0.107. The molecule has 0 amide bonds. The van der Waals surface area contributed by atoms with Crippen molar-refractivity contribution < 1.29 is 4.39 Å². The van der Waals surface area contributed by atoms with Gasteiger partial charge in [-0.15, -0.1) is 0 Å². The van der Waals surface area contributed by atoms with Gasteiger partial charge in [0.05, 0.1) is 6.67 Å². The lowest BCUT2D eigenvalue weighted by Gasteiger charge is -2.13. The molecule has 1 aromatic rings. The minimum absolute atomic E-state index is 0.107. The van der Waals surface area contributed by atoms with Crippen LogP contribution in [-0.4, -0.2) is 22.8 Å². The number of rotatable bonds is 7. The SMILES string of the molecule is CCCCn1c(N)c(NCCCF)c(=O)[nH]c1=O. The Kier molecular flexibility index (Phi) is 5.41. The van der Waals surface area contributed by atoms with E-state index in [0.717, 1.165) is 12.8 Å². The van der Waals surface area contributed by atoms with Gasteiger partial charge in [0.15, 0.2) is 0 Å². The third kappa shape index (κ3) is 3.35. The van der Waals surface area contributed by atoms with E-state index in [2.05, 4.69) is 10.3 Å². The molecule has 0 aliphatic heterocycles. The fourth-order valence-corrected chi connectivity index (χ4v) is 1.58. The molecule has 1 aromatic heterocycles. The van der Waals surface area contributed by atoms with Crippen LogP contribution in [0.25, 0.3) is 0 Å². The van der Waals surface area contributed by atoms with E-state index in [1.165, 1.54) is 4.57 Å². The highest BCUT2D eigenvalue weighted by Crippen LogP contribution is 2.10. The van der Waals surface area contributed by atoms with Gasteiger partial charge in [-0.2, -0.15) is 0 Å². The van der Waals surface area contributed by atoms with Gasteiger partial charge in [0.1, 0.15) is 11.5 Å². The smallest absolute Gasteiger partial charge is 0.330 e. The standard InChI is InChI=1S/C11H19FN4O2/c1-2-3-7-16-9(13)8(14-6-4-5-12)10(17)15-11(16)18/h14H,2-7,13H2,1H3,(H,15,17,18). The molecule has 6 nitrogen and oxygen atoms in total. The van der Waals surface area contributed by atoms with Crippen molar-refractivity contribution in [1.82, 2.24) is 9.55 Å². The van der Waals surface area contributed by atoms with E-state index < -0.39 is 17.9 Å². The molecule has 102 valence electrons. The van der Waals surface area contributed by atoms with Gasteiger partial charge in [-0.3, -0.25) is 18.7 Å². The van der Waals surface area contributed by atoms with Crippen LogP contribution in [0.2, 0.25) is 0 Å². The summed E-state index contributed by atoms with van der Waals surface area (Å²) in [6, 6.07) is 0. The summed E-state index contributed by atoms with van der Waals surface area (Å²) < 4.78 is 13.3. The number of nitrogen functional groups attached to an aromatic ring is 1. The zero-order chi connectivity index (χ0) is 13.5. The highest BCUT2D eigenvalue weighted by atomic mass is 19.1. The molecule has 4 N–H and O–H groups in total. The Morgan fingerprint density at radius 3 is 2.72 bits per heavy atom. The molecule has 0 fully saturated rings. The van der Waals surface area contributed by atoms with Crippen LogP contribution >= 0.6 is 0 Å². The zero-order valence-corrected chi connectivity index (χ0v) is 10.5. The quantitative estimate of drug-likeness (QED) is 0.627. The van der Waals surface area contributed by atoms with E-state index >= 15 is 0 Å². The van der Waals surface area contributed by atoms with Crippen molar-refractivity contribution in [2.24, 2.45) is 0 Å². The van der Waals surface area contributed by atoms with Gasteiger partial charge in [0.25, 0.3) is 5.56 Å². The van der Waals surface area contributed by atoms with Crippen molar-refractivity contribution in [3.05, 3.63) is 20.8 Å². The van der Waals surface area contributed by atoms with E-state index in [0.29, 0.717) is 13.1 Å². The van der Waals surface area contributed by atoms with Crippen molar-refractivity contribution in [3.8, 4) is 0 Å². The molecule has 18 heavy (non-hydrogen) atoms. The van der Waals surface area contributed by atoms with Crippen LogP contribution in [0.1, 0.15) is 26.2 Å². The highest BCUT2D eigenvalue weighted by molar-refractivity contribution is 5.60. The molecule has 1 heterocycles. The first-order valence-electron chi connectivity index (χ1n) is 6.04. The summed E-state index contributed by atoms with van der Waals surface area (Å²) in [5, 5.41) is 2.76. The fourth-order valence-electron chi connectivity index (χ4n) is 1.58. The van der Waals surface area contributed by atoms with Crippen LogP contribution in [0.15, 0.2) is 9.59 Å². The molecule has 0 saturated heterocycles. The molecule has 0 bridgehead atoms. The number of nitrogens with two attached hydrogens (primary N) is 1. The zero-order valence-electron chi connectivity index (χ0n) is 10.5. The van der Waals surface area contributed by atoms with Gasteiger partial charge in [-0.05, 0) is 12.8 Å². The number of hydrogen-bond acceptors (Lipinski definition) is 4. The van der Waals surface area contributed by atoms with E-state index in [4.69, 9.17) is 5.73 Å². The summed E-state index contributed by atoms with van der Waals surface area (Å²) in [5.41, 5.74) is 4.86. The number of aromatic nitrogens is 2. The summed E-state index contributed by atoms with van der Waals surface area (Å²) in [6.07, 6.45) is 1.99. The number of H-pyrrole nitrogens is 1. The molecule has 1 rings (SSSR count). The van der Waals surface area contributed by atoms with Crippen LogP contribution in [-0.2, 0) is 6.54 Å². The third-order valence-electron chi connectivity index (χ3n) is 2.59. The van der Waals surface area contributed by atoms with Crippen LogP contribution < -0.4 is 22.3 Å². The van der Waals surface area contributed by atoms with Crippen LogP contribution in [0.3, 0.4) is 0 Å². The Morgan fingerprint density at radius 2 is 2.11 bits per heavy atom. The van der Waals surface area contributed by atoms with Crippen molar-refractivity contribution in [1.29, 1.82) is 0 Å². The van der Waals surface area contributed by atoms with Gasteiger partial charge in [-0.25, -0.2) is 4.79 Å². The first kappa shape index (κ1) is 14.3. The predicted molar refractivity (Wildman–Crippen MR) is 69.7 cm³/mol. The van der Waals surface area contributed by atoms with Crippen molar-refractivity contribution in [3.63, 3.8) is 0 Å². The van der Waals surface area contributed by atoms with Crippen LogP contribution in [0.4, 0.5) is 15.9 Å². The van der Waals surface area contributed by atoms with Gasteiger partial charge >= 0.3 is 5.69 Å². The molecule has 0 unspecified atom stereocenters. The molecular weight excluding hydrogens is 239 g/mol. The van der Waals surface area contributed by atoms with Crippen molar-refractivity contribution >= 4 is 11.5 Å². The number of anilines is 2. The van der Waals surface area contributed by atoms with E-state index in [9.17, 15) is 14.0 Å². The number of hydrogen-bond donors (Lipinski definition) is 3. The van der Waals surface area contributed by atoms with Gasteiger partial charge in [-0.1, -0.05) is 13.3 Å². The summed E-state index contributed by atoms with van der Waals surface area (Å²) in [6.45, 7) is 2.28. The lowest BCUT2D eigenvalue weighted by atomic mass is 10.3. The molecule has 0 atom stereocenters. The number of alkyl halides is 1. The normalized spacial score (nSPS) is 10.6. The van der Waals surface area contributed by atoms with Crippen molar-refractivity contribution in [2.45, 2.75) is 32.7 Å². The highest BCUT2D eigenvalue weighted by Gasteiger charge is 2.11. The first-order chi connectivity index (χ1) is 8.61. The molecule has 0 radical (unpaired) electrons. The topological polar surface area (TPSA) is 92.9 Å². The largest absolute Gasteiger partial charge is 0.383 e. The maximum absolute atomic E-state index is 12.0. The maximum atomic E-state index is 12.0. The molecule has 0 spiro atoms.